The lowest BCUT2D eigenvalue weighted by atomic mass is 9.70. The van der Waals surface area contributed by atoms with Gasteiger partial charge in [-0.25, -0.2) is 0 Å². The zero-order chi connectivity index (χ0) is 27.7. The summed E-state index contributed by atoms with van der Waals surface area (Å²) in [5, 5.41) is 20.5. The van der Waals surface area contributed by atoms with Gasteiger partial charge in [-0.15, -0.1) is 0 Å². The van der Waals surface area contributed by atoms with Crippen molar-refractivity contribution in [2.24, 2.45) is 0 Å². The maximum atomic E-state index is 10.2. The van der Waals surface area contributed by atoms with Crippen molar-refractivity contribution in [3.05, 3.63) is 148 Å². The molecule has 0 aromatic heterocycles. The van der Waals surface area contributed by atoms with Crippen molar-refractivity contribution in [3.8, 4) is 11.5 Å². The SMILES string of the molecule is Cc1ccc(N(c2ccc(C)cc2)c2ccc(C(C)(c3ccc(O)c(C)c3)c3ccc(O)c(C)c3)cc2)cc1. The van der Waals surface area contributed by atoms with Crippen molar-refractivity contribution in [2.45, 2.75) is 40.0 Å². The molecule has 0 radical (unpaired) electrons. The lowest BCUT2D eigenvalue weighted by Crippen LogP contribution is -2.25. The first-order valence-electron chi connectivity index (χ1n) is 13.3. The first-order valence-corrected chi connectivity index (χ1v) is 13.3. The van der Waals surface area contributed by atoms with Gasteiger partial charge in [0, 0.05) is 22.5 Å². The molecule has 39 heavy (non-hydrogen) atoms. The Bertz CT molecular complexity index is 1500. The van der Waals surface area contributed by atoms with Crippen LogP contribution in [0.3, 0.4) is 0 Å². The zero-order valence-electron chi connectivity index (χ0n) is 23.2. The van der Waals surface area contributed by atoms with Crippen LogP contribution in [0.4, 0.5) is 17.1 Å². The van der Waals surface area contributed by atoms with Crippen LogP contribution in [0.25, 0.3) is 0 Å². The molecular formula is C36H35NO2. The van der Waals surface area contributed by atoms with E-state index in [0.29, 0.717) is 0 Å². The van der Waals surface area contributed by atoms with Crippen LogP contribution < -0.4 is 4.90 Å². The van der Waals surface area contributed by atoms with E-state index in [9.17, 15) is 10.2 Å². The van der Waals surface area contributed by atoms with Crippen LogP contribution in [0.1, 0.15) is 45.9 Å². The van der Waals surface area contributed by atoms with Crippen LogP contribution in [0.5, 0.6) is 11.5 Å². The van der Waals surface area contributed by atoms with E-state index >= 15 is 0 Å². The van der Waals surface area contributed by atoms with Gasteiger partial charge in [-0.3, -0.25) is 0 Å². The van der Waals surface area contributed by atoms with E-state index in [1.165, 1.54) is 11.1 Å². The predicted octanol–water partition coefficient (Wildman–Crippen LogP) is 9.16. The number of aryl methyl sites for hydroxylation is 4. The number of anilines is 3. The fraction of sp³-hybridized carbons (Fsp3) is 0.167. The van der Waals surface area contributed by atoms with Gasteiger partial charge in [0.2, 0.25) is 0 Å². The minimum Gasteiger partial charge on any atom is -0.508 e. The van der Waals surface area contributed by atoms with Crippen molar-refractivity contribution in [1.29, 1.82) is 0 Å². The molecule has 0 amide bonds. The van der Waals surface area contributed by atoms with E-state index in [2.05, 4.69) is 111 Å². The van der Waals surface area contributed by atoms with Crippen molar-refractivity contribution < 1.29 is 10.2 Å². The van der Waals surface area contributed by atoms with E-state index in [0.717, 1.165) is 44.9 Å². The summed E-state index contributed by atoms with van der Waals surface area (Å²) >= 11 is 0. The molecule has 0 saturated heterocycles. The monoisotopic (exact) mass is 513 g/mol. The largest absolute Gasteiger partial charge is 0.508 e. The summed E-state index contributed by atoms with van der Waals surface area (Å²) < 4.78 is 0. The second-order valence-corrected chi connectivity index (χ2v) is 10.7. The van der Waals surface area contributed by atoms with E-state index in [1.807, 2.05) is 26.0 Å². The Morgan fingerprint density at radius 1 is 0.462 bits per heavy atom. The smallest absolute Gasteiger partial charge is 0.118 e. The highest BCUT2D eigenvalue weighted by Crippen LogP contribution is 2.43. The lowest BCUT2D eigenvalue weighted by molar-refractivity contribution is 0.470. The number of phenols is 2. The van der Waals surface area contributed by atoms with Gasteiger partial charge in [-0.1, -0.05) is 71.8 Å². The Balaban J connectivity index is 1.65. The first-order chi connectivity index (χ1) is 18.7. The van der Waals surface area contributed by atoms with E-state index in [4.69, 9.17) is 0 Å². The summed E-state index contributed by atoms with van der Waals surface area (Å²) in [6.07, 6.45) is 0. The van der Waals surface area contributed by atoms with Gasteiger partial charge in [0.25, 0.3) is 0 Å². The third kappa shape index (κ3) is 5.00. The molecule has 0 aliphatic rings. The number of hydrogen-bond acceptors (Lipinski definition) is 3. The topological polar surface area (TPSA) is 43.7 Å². The standard InChI is InChI=1S/C36H35NO2/c1-24-6-14-31(15-7-24)37(32-16-8-25(2)9-17-32)33-18-10-28(11-19-33)36(5,29-12-20-34(38)26(3)22-29)30-13-21-35(39)27(4)23-30/h6-23,38-39H,1-5H3. The van der Waals surface area contributed by atoms with Gasteiger partial charge in [0.15, 0.2) is 0 Å². The quantitative estimate of drug-likeness (QED) is 0.222. The van der Waals surface area contributed by atoms with Crippen LogP contribution in [-0.2, 0) is 5.41 Å². The Morgan fingerprint density at radius 2 is 0.795 bits per heavy atom. The molecular weight excluding hydrogens is 478 g/mol. The Hall–Kier alpha value is -4.50. The lowest BCUT2D eigenvalue weighted by Gasteiger charge is -2.33. The number of rotatable bonds is 6. The van der Waals surface area contributed by atoms with Crippen LogP contribution in [0.2, 0.25) is 0 Å². The third-order valence-electron chi connectivity index (χ3n) is 7.84. The highest BCUT2D eigenvalue weighted by atomic mass is 16.3. The summed E-state index contributed by atoms with van der Waals surface area (Å²) in [7, 11) is 0. The normalized spacial score (nSPS) is 11.4. The predicted molar refractivity (Wildman–Crippen MR) is 162 cm³/mol. The Labute approximate surface area is 231 Å². The molecule has 0 bridgehead atoms. The summed E-state index contributed by atoms with van der Waals surface area (Å²) in [6, 6.07) is 37.5. The highest BCUT2D eigenvalue weighted by Gasteiger charge is 2.32. The molecule has 3 heteroatoms. The molecule has 0 spiro atoms. The minimum atomic E-state index is -0.506. The molecule has 0 saturated carbocycles. The minimum absolute atomic E-state index is 0.283. The van der Waals surface area contributed by atoms with Crippen LogP contribution in [0, 0.1) is 27.7 Å². The van der Waals surface area contributed by atoms with Gasteiger partial charge < -0.3 is 15.1 Å². The molecule has 2 N–H and O–H groups in total. The molecule has 0 unspecified atom stereocenters. The molecule has 0 aliphatic carbocycles. The van der Waals surface area contributed by atoms with Gasteiger partial charge in [-0.05, 0) is 111 Å². The number of phenolic OH excluding ortho intramolecular Hbond substituents is 2. The first kappa shape index (κ1) is 26.1. The molecule has 196 valence electrons. The molecule has 5 aromatic rings. The van der Waals surface area contributed by atoms with E-state index < -0.39 is 5.41 Å². The summed E-state index contributed by atoms with van der Waals surface area (Å²) in [4.78, 5) is 2.27. The van der Waals surface area contributed by atoms with Crippen molar-refractivity contribution in [1.82, 2.24) is 0 Å². The molecule has 0 heterocycles. The van der Waals surface area contributed by atoms with Crippen molar-refractivity contribution in [2.75, 3.05) is 4.90 Å². The highest BCUT2D eigenvalue weighted by molar-refractivity contribution is 5.77. The average Bonchev–Trinajstić information content (AvgIpc) is 2.94. The summed E-state index contributed by atoms with van der Waals surface area (Å²) in [5.74, 6) is 0.565. The zero-order valence-corrected chi connectivity index (χ0v) is 23.2. The van der Waals surface area contributed by atoms with E-state index in [1.54, 1.807) is 12.1 Å². The van der Waals surface area contributed by atoms with Gasteiger partial charge >= 0.3 is 0 Å². The summed E-state index contributed by atoms with van der Waals surface area (Å²) in [5.41, 5.74) is 10.1. The number of aromatic hydroxyl groups is 2. The second-order valence-electron chi connectivity index (χ2n) is 10.7. The van der Waals surface area contributed by atoms with Crippen molar-refractivity contribution >= 4 is 17.1 Å². The van der Waals surface area contributed by atoms with Crippen molar-refractivity contribution in [3.63, 3.8) is 0 Å². The Morgan fingerprint density at radius 3 is 1.15 bits per heavy atom. The maximum Gasteiger partial charge on any atom is 0.118 e. The summed E-state index contributed by atoms with van der Waals surface area (Å²) in [6.45, 7) is 10.3. The van der Waals surface area contributed by atoms with Gasteiger partial charge in [0.1, 0.15) is 11.5 Å². The molecule has 5 aromatic carbocycles. The van der Waals surface area contributed by atoms with Crippen LogP contribution in [-0.4, -0.2) is 10.2 Å². The van der Waals surface area contributed by atoms with E-state index in [-0.39, 0.29) is 11.5 Å². The average molecular weight is 514 g/mol. The fourth-order valence-corrected chi connectivity index (χ4v) is 5.21. The number of nitrogens with zero attached hydrogens (tertiary/aromatic N) is 1. The third-order valence-corrected chi connectivity index (χ3v) is 7.84. The maximum absolute atomic E-state index is 10.2. The van der Waals surface area contributed by atoms with Crippen LogP contribution >= 0.6 is 0 Å². The molecule has 0 atom stereocenters. The molecule has 3 nitrogen and oxygen atoms in total. The second kappa shape index (κ2) is 10.3. The van der Waals surface area contributed by atoms with Crippen LogP contribution in [0.15, 0.2) is 109 Å². The number of benzene rings is 5. The molecule has 5 rings (SSSR count). The molecule has 0 fully saturated rings. The Kier molecular flexibility index (Phi) is 6.93. The molecule has 0 aliphatic heterocycles. The number of hydrogen-bond donors (Lipinski definition) is 2. The van der Waals surface area contributed by atoms with Gasteiger partial charge in [0.05, 0.1) is 0 Å². The fourth-order valence-electron chi connectivity index (χ4n) is 5.21. The van der Waals surface area contributed by atoms with Gasteiger partial charge in [-0.2, -0.15) is 0 Å².